The number of likely N-dealkylation sites (tertiary alicyclic amines) is 1. The molecular formula is C23H22F2N6O3. The van der Waals surface area contributed by atoms with Crippen molar-refractivity contribution >= 4 is 28.6 Å². The number of carbonyl (C=O) groups excluding carboxylic acids is 1. The van der Waals surface area contributed by atoms with Crippen molar-refractivity contribution < 1.29 is 23.0 Å². The van der Waals surface area contributed by atoms with E-state index in [9.17, 15) is 13.6 Å². The van der Waals surface area contributed by atoms with Crippen LogP contribution in [-0.2, 0) is 4.74 Å². The van der Waals surface area contributed by atoms with Crippen molar-refractivity contribution in [2.45, 2.75) is 38.9 Å². The van der Waals surface area contributed by atoms with Crippen LogP contribution in [0.15, 0.2) is 24.7 Å². The van der Waals surface area contributed by atoms with Crippen LogP contribution in [0.1, 0.15) is 32.8 Å². The molecule has 1 atom stereocenters. The molecule has 0 aliphatic carbocycles. The lowest BCUT2D eigenvalue weighted by Crippen LogP contribution is -2.36. The number of halogens is 2. The highest BCUT2D eigenvalue weighted by Crippen LogP contribution is 2.28. The molecule has 3 aromatic rings. The second kappa shape index (κ2) is 9.05. The minimum absolute atomic E-state index is 0.0205. The minimum atomic E-state index is -0.794. The maximum Gasteiger partial charge on any atom is 0.410 e. The molecule has 0 radical (unpaired) electrons. The van der Waals surface area contributed by atoms with E-state index in [-0.39, 0.29) is 35.0 Å². The molecule has 11 heteroatoms. The monoisotopic (exact) mass is 468 g/mol. The molecule has 4 heterocycles. The van der Waals surface area contributed by atoms with E-state index in [2.05, 4.69) is 31.2 Å². The molecule has 0 unspecified atom stereocenters. The number of amides is 1. The fourth-order valence-corrected chi connectivity index (χ4v) is 3.34. The summed E-state index contributed by atoms with van der Waals surface area (Å²) in [6, 6.07) is 2.54. The number of hydrogen-bond acceptors (Lipinski definition) is 8. The van der Waals surface area contributed by atoms with Crippen LogP contribution < -0.4 is 10.1 Å². The van der Waals surface area contributed by atoms with Gasteiger partial charge in [-0.3, -0.25) is 0 Å². The average molecular weight is 468 g/mol. The van der Waals surface area contributed by atoms with E-state index in [1.807, 2.05) is 0 Å². The van der Waals surface area contributed by atoms with Crippen molar-refractivity contribution in [3.05, 3.63) is 42.0 Å². The first kappa shape index (κ1) is 23.1. The molecular weight excluding hydrogens is 446 g/mol. The van der Waals surface area contributed by atoms with Crippen molar-refractivity contribution in [1.82, 2.24) is 24.8 Å². The molecule has 1 amide bonds. The van der Waals surface area contributed by atoms with Crippen LogP contribution in [0.3, 0.4) is 0 Å². The molecule has 4 rings (SSSR count). The lowest BCUT2D eigenvalue weighted by Gasteiger charge is -2.24. The fourth-order valence-electron chi connectivity index (χ4n) is 3.34. The molecule has 0 aromatic carbocycles. The topological polar surface area (TPSA) is 102 Å². The molecule has 1 aliphatic heterocycles. The van der Waals surface area contributed by atoms with Gasteiger partial charge in [-0.25, -0.2) is 29.1 Å². The normalized spacial score (nSPS) is 15.8. The zero-order chi connectivity index (χ0) is 24.5. The Hall–Kier alpha value is -4.07. The molecule has 0 spiro atoms. The Bertz CT molecular complexity index is 1290. The fraction of sp³-hybridized carbons (Fsp3) is 0.348. The Morgan fingerprint density at radius 2 is 2.06 bits per heavy atom. The van der Waals surface area contributed by atoms with Crippen molar-refractivity contribution in [2.75, 3.05) is 18.4 Å². The summed E-state index contributed by atoms with van der Waals surface area (Å²) in [7, 11) is 0. The first-order valence-electron chi connectivity index (χ1n) is 10.5. The highest BCUT2D eigenvalue weighted by Gasteiger charge is 2.31. The molecule has 1 fully saturated rings. The summed E-state index contributed by atoms with van der Waals surface area (Å²) in [5, 5.41) is 2.78. The van der Waals surface area contributed by atoms with Crippen LogP contribution in [0.25, 0.3) is 11.0 Å². The zero-order valence-electron chi connectivity index (χ0n) is 18.8. The lowest BCUT2D eigenvalue weighted by atomic mass is 10.2. The van der Waals surface area contributed by atoms with Crippen molar-refractivity contribution in [2.24, 2.45) is 0 Å². The van der Waals surface area contributed by atoms with Crippen molar-refractivity contribution in [1.29, 1.82) is 0 Å². The number of nitrogens with zero attached hydrogens (tertiary/aromatic N) is 5. The van der Waals surface area contributed by atoms with E-state index in [0.29, 0.717) is 18.5 Å². The van der Waals surface area contributed by atoms with Gasteiger partial charge in [0.25, 0.3) is 5.88 Å². The maximum absolute atomic E-state index is 14.7. The number of nitrogens with one attached hydrogen (secondary N) is 1. The van der Waals surface area contributed by atoms with Gasteiger partial charge in [-0.2, -0.15) is 4.39 Å². The van der Waals surface area contributed by atoms with Crippen LogP contribution in [0.4, 0.5) is 25.1 Å². The Morgan fingerprint density at radius 1 is 1.26 bits per heavy atom. The highest BCUT2D eigenvalue weighted by molar-refractivity contribution is 5.87. The summed E-state index contributed by atoms with van der Waals surface area (Å²) in [4.78, 5) is 29.7. The van der Waals surface area contributed by atoms with Crippen LogP contribution in [-0.4, -0.2) is 55.7 Å². The molecule has 0 bridgehead atoms. The van der Waals surface area contributed by atoms with Gasteiger partial charge in [0.1, 0.15) is 23.5 Å². The number of pyridine rings is 2. The summed E-state index contributed by atoms with van der Waals surface area (Å²) in [6.45, 7) is 5.97. The summed E-state index contributed by atoms with van der Waals surface area (Å²) >= 11 is 0. The SMILES string of the molecule is C#Cc1cnc(F)c(Nc2ncnc3cc(F)c(O[C@H]4CCN(C(=O)OC(C)(C)C)C4)nc23)c1. The predicted molar refractivity (Wildman–Crippen MR) is 120 cm³/mol. The van der Waals surface area contributed by atoms with E-state index in [1.165, 1.54) is 23.5 Å². The first-order valence-corrected chi connectivity index (χ1v) is 10.5. The van der Waals surface area contributed by atoms with E-state index in [1.54, 1.807) is 20.8 Å². The Labute approximate surface area is 194 Å². The molecule has 1 saturated heterocycles. The van der Waals surface area contributed by atoms with Gasteiger partial charge in [0.05, 0.1) is 17.7 Å². The van der Waals surface area contributed by atoms with Crippen LogP contribution >= 0.6 is 0 Å². The van der Waals surface area contributed by atoms with Crippen molar-refractivity contribution in [3.63, 3.8) is 0 Å². The molecule has 34 heavy (non-hydrogen) atoms. The second-order valence-corrected chi connectivity index (χ2v) is 8.65. The molecule has 0 saturated carbocycles. The Morgan fingerprint density at radius 3 is 2.79 bits per heavy atom. The predicted octanol–water partition coefficient (Wildman–Crippen LogP) is 3.81. The van der Waals surface area contributed by atoms with Gasteiger partial charge < -0.3 is 19.7 Å². The standard InChI is InChI=1S/C23H22F2N6O3/c1-5-13-8-17(19(25)26-10-13)29-20-18-16(27-12-28-20)9-15(24)21(30-18)33-14-6-7-31(11-14)22(32)34-23(2,3)4/h1,8-10,12,14H,6-7,11H2,2-4H3,(H,27,28,29)/t14-/m0/s1. The first-order chi connectivity index (χ1) is 16.1. The van der Waals surface area contributed by atoms with E-state index in [0.717, 1.165) is 6.07 Å². The minimum Gasteiger partial charge on any atom is -0.470 e. The Balaban J connectivity index is 1.57. The van der Waals surface area contributed by atoms with Crippen molar-refractivity contribution in [3.8, 4) is 18.2 Å². The van der Waals surface area contributed by atoms with Crippen LogP contribution in [0.5, 0.6) is 5.88 Å². The maximum atomic E-state index is 14.7. The van der Waals surface area contributed by atoms with Gasteiger partial charge in [-0.05, 0) is 26.8 Å². The average Bonchev–Trinajstić information content (AvgIpc) is 3.24. The number of hydrogen-bond donors (Lipinski definition) is 1. The number of ether oxygens (including phenoxy) is 2. The third-order valence-electron chi connectivity index (χ3n) is 4.87. The van der Waals surface area contributed by atoms with Gasteiger partial charge >= 0.3 is 6.09 Å². The van der Waals surface area contributed by atoms with E-state index in [4.69, 9.17) is 15.9 Å². The summed E-state index contributed by atoms with van der Waals surface area (Å²) in [6.07, 6.45) is 7.30. The Kier molecular flexibility index (Phi) is 6.15. The van der Waals surface area contributed by atoms with E-state index < -0.39 is 29.6 Å². The summed E-state index contributed by atoms with van der Waals surface area (Å²) < 4.78 is 40.0. The second-order valence-electron chi connectivity index (χ2n) is 8.65. The van der Waals surface area contributed by atoms with Gasteiger partial charge in [0.2, 0.25) is 5.95 Å². The molecule has 3 aromatic heterocycles. The molecule has 176 valence electrons. The highest BCUT2D eigenvalue weighted by atomic mass is 19.1. The van der Waals surface area contributed by atoms with Gasteiger partial charge in [0.15, 0.2) is 11.6 Å². The zero-order valence-corrected chi connectivity index (χ0v) is 18.8. The van der Waals surface area contributed by atoms with Crippen LogP contribution in [0.2, 0.25) is 0 Å². The third kappa shape index (κ3) is 5.11. The number of rotatable bonds is 4. The largest absolute Gasteiger partial charge is 0.470 e. The summed E-state index contributed by atoms with van der Waals surface area (Å²) in [5.74, 6) is 0.690. The van der Waals surface area contributed by atoms with Gasteiger partial charge in [-0.1, -0.05) is 5.92 Å². The number of anilines is 2. The number of aromatic nitrogens is 4. The number of fused-ring (bicyclic) bond motifs is 1. The number of carbonyl (C=O) groups is 1. The smallest absolute Gasteiger partial charge is 0.410 e. The quantitative estimate of drug-likeness (QED) is 0.456. The van der Waals surface area contributed by atoms with Gasteiger partial charge in [0, 0.05) is 30.8 Å². The van der Waals surface area contributed by atoms with Crippen LogP contribution in [0, 0.1) is 24.1 Å². The third-order valence-corrected chi connectivity index (χ3v) is 4.87. The number of terminal acetylenes is 1. The lowest BCUT2D eigenvalue weighted by molar-refractivity contribution is 0.0274. The molecule has 1 aliphatic rings. The summed E-state index contributed by atoms with van der Waals surface area (Å²) in [5.41, 5.74) is 0.0612. The molecule has 1 N–H and O–H groups in total. The van der Waals surface area contributed by atoms with Gasteiger partial charge in [-0.15, -0.1) is 6.42 Å². The van der Waals surface area contributed by atoms with E-state index >= 15 is 0 Å². The molecule has 9 nitrogen and oxygen atoms in total.